The van der Waals surface area contributed by atoms with Gasteiger partial charge in [0.15, 0.2) is 0 Å². The van der Waals surface area contributed by atoms with E-state index in [4.69, 9.17) is 0 Å². The van der Waals surface area contributed by atoms with Crippen molar-refractivity contribution < 1.29 is 9.59 Å². The molecule has 2 amide bonds. The van der Waals surface area contributed by atoms with Gasteiger partial charge in [0.25, 0.3) is 5.91 Å². The molecule has 0 saturated heterocycles. The third kappa shape index (κ3) is 4.65. The zero-order valence-corrected chi connectivity index (χ0v) is 12.4. The lowest BCUT2D eigenvalue weighted by Crippen LogP contribution is -2.42. The van der Waals surface area contributed by atoms with Crippen LogP contribution in [0.4, 0.5) is 0 Å². The quantitative estimate of drug-likeness (QED) is 0.674. The Morgan fingerprint density at radius 1 is 0.952 bits per heavy atom. The summed E-state index contributed by atoms with van der Waals surface area (Å²) >= 11 is 1.42. The number of aryl methyl sites for hydroxylation is 1. The van der Waals surface area contributed by atoms with E-state index in [-0.39, 0.29) is 17.6 Å². The van der Waals surface area contributed by atoms with Crippen LogP contribution in [0.1, 0.15) is 15.9 Å². The van der Waals surface area contributed by atoms with E-state index in [1.165, 1.54) is 11.8 Å². The molecule has 4 nitrogen and oxygen atoms in total. The van der Waals surface area contributed by atoms with Crippen molar-refractivity contribution in [2.24, 2.45) is 0 Å². The number of carbonyl (C=O) groups is 2. The minimum atomic E-state index is -0.314. The first kappa shape index (κ1) is 15.1. The van der Waals surface area contributed by atoms with E-state index >= 15 is 0 Å². The van der Waals surface area contributed by atoms with E-state index in [1.54, 1.807) is 12.1 Å². The van der Waals surface area contributed by atoms with Crippen molar-refractivity contribution in [1.82, 2.24) is 10.9 Å². The maximum atomic E-state index is 11.9. The van der Waals surface area contributed by atoms with Crippen LogP contribution in [0.15, 0.2) is 59.5 Å². The Morgan fingerprint density at radius 3 is 2.33 bits per heavy atom. The third-order valence-electron chi connectivity index (χ3n) is 2.82. The van der Waals surface area contributed by atoms with Crippen LogP contribution in [0.5, 0.6) is 0 Å². The second-order valence-electron chi connectivity index (χ2n) is 4.42. The van der Waals surface area contributed by atoms with E-state index < -0.39 is 0 Å². The van der Waals surface area contributed by atoms with Gasteiger partial charge >= 0.3 is 0 Å². The zero-order chi connectivity index (χ0) is 15.1. The van der Waals surface area contributed by atoms with Crippen LogP contribution in [0.25, 0.3) is 0 Å². The molecule has 0 saturated carbocycles. The average molecular weight is 300 g/mol. The largest absolute Gasteiger partial charge is 0.272 e. The summed E-state index contributed by atoms with van der Waals surface area (Å²) in [5.41, 5.74) is 6.26. The molecule has 21 heavy (non-hydrogen) atoms. The number of amides is 2. The van der Waals surface area contributed by atoms with E-state index in [1.807, 2.05) is 49.4 Å². The maximum Gasteiger partial charge on any atom is 0.269 e. The molecule has 0 spiro atoms. The third-order valence-corrected chi connectivity index (χ3v) is 3.83. The van der Waals surface area contributed by atoms with E-state index in [0.29, 0.717) is 5.56 Å². The fourth-order valence-corrected chi connectivity index (χ4v) is 2.44. The standard InChI is InChI=1S/C16H16N2O2S/c1-12-7-5-6-10-14(12)16(20)18-17-15(19)11-21-13-8-3-2-4-9-13/h2-10H,11H2,1H3,(H,17,19)(H,18,20). The van der Waals surface area contributed by atoms with Crippen molar-refractivity contribution in [3.63, 3.8) is 0 Å². The van der Waals surface area contributed by atoms with Crippen molar-refractivity contribution in [1.29, 1.82) is 0 Å². The smallest absolute Gasteiger partial charge is 0.269 e. The monoisotopic (exact) mass is 300 g/mol. The molecule has 0 fully saturated rings. The Morgan fingerprint density at radius 2 is 1.62 bits per heavy atom. The van der Waals surface area contributed by atoms with Crippen molar-refractivity contribution in [3.8, 4) is 0 Å². The van der Waals surface area contributed by atoms with Gasteiger partial charge in [-0.3, -0.25) is 20.4 Å². The molecule has 2 N–H and O–H groups in total. The Kier molecular flexibility index (Phi) is 5.40. The topological polar surface area (TPSA) is 58.2 Å². The fourth-order valence-electron chi connectivity index (χ4n) is 1.72. The van der Waals surface area contributed by atoms with Crippen LogP contribution in [-0.2, 0) is 4.79 Å². The van der Waals surface area contributed by atoms with Gasteiger partial charge in [0, 0.05) is 10.5 Å². The molecule has 0 bridgehead atoms. The number of rotatable bonds is 4. The molecule has 0 heterocycles. The molecule has 0 radical (unpaired) electrons. The molecule has 0 aromatic heterocycles. The highest BCUT2D eigenvalue weighted by Gasteiger charge is 2.09. The molecule has 5 heteroatoms. The minimum Gasteiger partial charge on any atom is -0.272 e. The lowest BCUT2D eigenvalue weighted by Gasteiger charge is -2.08. The molecule has 0 unspecified atom stereocenters. The average Bonchev–Trinajstić information content (AvgIpc) is 2.52. The predicted octanol–water partition coefficient (Wildman–Crippen LogP) is 2.55. The number of nitrogens with one attached hydrogen (secondary N) is 2. The van der Waals surface area contributed by atoms with Gasteiger partial charge in [-0.05, 0) is 30.7 Å². The summed E-state index contributed by atoms with van der Waals surface area (Å²) in [6.07, 6.45) is 0. The van der Waals surface area contributed by atoms with Gasteiger partial charge in [0.1, 0.15) is 0 Å². The van der Waals surface area contributed by atoms with Crippen molar-refractivity contribution in [3.05, 3.63) is 65.7 Å². The first-order valence-electron chi connectivity index (χ1n) is 6.49. The molecule has 0 aliphatic carbocycles. The van der Waals surface area contributed by atoms with E-state index in [2.05, 4.69) is 10.9 Å². The normalized spacial score (nSPS) is 9.95. The summed E-state index contributed by atoms with van der Waals surface area (Å²) in [5, 5.41) is 0. The van der Waals surface area contributed by atoms with Crippen molar-refractivity contribution >= 4 is 23.6 Å². The van der Waals surface area contributed by atoms with Crippen LogP contribution < -0.4 is 10.9 Å². The molecule has 2 aromatic rings. The SMILES string of the molecule is Cc1ccccc1C(=O)NNC(=O)CSc1ccccc1. The summed E-state index contributed by atoms with van der Waals surface area (Å²) in [5.74, 6) is -0.310. The summed E-state index contributed by atoms with van der Waals surface area (Å²) < 4.78 is 0. The Labute approximate surface area is 127 Å². The lowest BCUT2D eigenvalue weighted by molar-refractivity contribution is -0.119. The molecular formula is C16H16N2O2S. The van der Waals surface area contributed by atoms with Crippen LogP contribution >= 0.6 is 11.8 Å². The van der Waals surface area contributed by atoms with E-state index in [9.17, 15) is 9.59 Å². The predicted molar refractivity (Wildman–Crippen MR) is 84.0 cm³/mol. The highest BCUT2D eigenvalue weighted by atomic mass is 32.2. The Hall–Kier alpha value is -2.27. The zero-order valence-electron chi connectivity index (χ0n) is 11.6. The maximum absolute atomic E-state index is 11.9. The summed E-state index contributed by atoms with van der Waals surface area (Å²) in [4.78, 5) is 24.6. The van der Waals surface area contributed by atoms with Gasteiger partial charge in [-0.1, -0.05) is 36.4 Å². The summed E-state index contributed by atoms with van der Waals surface area (Å²) in [6, 6.07) is 16.8. The van der Waals surface area contributed by atoms with E-state index in [0.717, 1.165) is 10.5 Å². The first-order chi connectivity index (χ1) is 10.2. The van der Waals surface area contributed by atoms with Crippen molar-refractivity contribution in [2.45, 2.75) is 11.8 Å². The molecular weight excluding hydrogens is 284 g/mol. The second-order valence-corrected chi connectivity index (χ2v) is 5.47. The number of thioether (sulfide) groups is 1. The van der Waals surface area contributed by atoms with Gasteiger partial charge in [0.2, 0.25) is 5.91 Å². The van der Waals surface area contributed by atoms with Crippen molar-refractivity contribution in [2.75, 3.05) is 5.75 Å². The number of benzene rings is 2. The van der Waals surface area contributed by atoms with Gasteiger partial charge in [-0.2, -0.15) is 0 Å². The van der Waals surface area contributed by atoms with Crippen LogP contribution in [0, 0.1) is 6.92 Å². The number of carbonyl (C=O) groups excluding carboxylic acids is 2. The molecule has 0 atom stereocenters. The number of hydrogen-bond donors (Lipinski definition) is 2. The summed E-state index contributed by atoms with van der Waals surface area (Å²) in [6.45, 7) is 1.85. The molecule has 108 valence electrons. The molecule has 0 aliphatic rings. The first-order valence-corrected chi connectivity index (χ1v) is 7.48. The summed E-state index contributed by atoms with van der Waals surface area (Å²) in [7, 11) is 0. The fraction of sp³-hybridized carbons (Fsp3) is 0.125. The van der Waals surface area contributed by atoms with Gasteiger partial charge < -0.3 is 0 Å². The second kappa shape index (κ2) is 7.50. The van der Waals surface area contributed by atoms with Crippen LogP contribution in [0.3, 0.4) is 0 Å². The number of hydrazine groups is 1. The van der Waals surface area contributed by atoms with Crippen LogP contribution in [-0.4, -0.2) is 17.6 Å². The molecule has 2 aromatic carbocycles. The Bertz CT molecular complexity index is 629. The number of hydrogen-bond acceptors (Lipinski definition) is 3. The highest BCUT2D eigenvalue weighted by molar-refractivity contribution is 8.00. The highest BCUT2D eigenvalue weighted by Crippen LogP contribution is 2.16. The van der Waals surface area contributed by atoms with Gasteiger partial charge in [0.05, 0.1) is 5.75 Å². The molecule has 2 rings (SSSR count). The molecule has 0 aliphatic heterocycles. The minimum absolute atomic E-state index is 0.245. The lowest BCUT2D eigenvalue weighted by atomic mass is 10.1. The van der Waals surface area contributed by atoms with Gasteiger partial charge in [-0.25, -0.2) is 0 Å². The Balaban J connectivity index is 1.79. The van der Waals surface area contributed by atoms with Crippen LogP contribution in [0.2, 0.25) is 0 Å². The van der Waals surface area contributed by atoms with Gasteiger partial charge in [-0.15, -0.1) is 11.8 Å².